The second kappa shape index (κ2) is 4.41. The van der Waals surface area contributed by atoms with Gasteiger partial charge in [-0.3, -0.25) is 9.78 Å². The van der Waals surface area contributed by atoms with Crippen LogP contribution in [0.2, 0.25) is 0 Å². The number of nitrogens with zero attached hydrogens (tertiary/aromatic N) is 2. The Kier molecular flexibility index (Phi) is 2.95. The molecule has 1 aromatic heterocycles. The number of aromatic nitrogens is 2. The van der Waals surface area contributed by atoms with Crippen LogP contribution in [0.1, 0.15) is 27.3 Å². The molecule has 0 bridgehead atoms. The van der Waals surface area contributed by atoms with Crippen molar-refractivity contribution in [3.05, 3.63) is 58.9 Å². The highest BCUT2D eigenvalue weighted by atomic mass is 19.1. The Labute approximate surface area is 98.3 Å². The van der Waals surface area contributed by atoms with E-state index in [-0.39, 0.29) is 17.3 Å². The first kappa shape index (κ1) is 11.4. The molecule has 2 aromatic rings. The van der Waals surface area contributed by atoms with E-state index in [4.69, 9.17) is 0 Å². The van der Waals surface area contributed by atoms with Crippen LogP contribution in [0.5, 0.6) is 0 Å². The third kappa shape index (κ3) is 2.36. The highest BCUT2D eigenvalue weighted by Gasteiger charge is 2.12. The fraction of sp³-hybridized carbons (Fsp3) is 0.154. The molecule has 0 radical (unpaired) electrons. The predicted octanol–water partition coefficient (Wildman–Crippen LogP) is 2.46. The highest BCUT2D eigenvalue weighted by molar-refractivity contribution is 6.07. The zero-order valence-electron chi connectivity index (χ0n) is 9.57. The molecule has 0 aliphatic heterocycles. The van der Waals surface area contributed by atoms with Gasteiger partial charge in [0.15, 0.2) is 0 Å². The van der Waals surface area contributed by atoms with Gasteiger partial charge in [0.05, 0.1) is 11.9 Å². The van der Waals surface area contributed by atoms with Crippen molar-refractivity contribution >= 4 is 5.78 Å². The quantitative estimate of drug-likeness (QED) is 0.744. The van der Waals surface area contributed by atoms with Crippen LogP contribution in [0.15, 0.2) is 30.6 Å². The van der Waals surface area contributed by atoms with Crippen LogP contribution in [-0.2, 0) is 0 Å². The summed E-state index contributed by atoms with van der Waals surface area (Å²) in [6, 6.07) is 4.25. The van der Waals surface area contributed by atoms with E-state index in [0.717, 1.165) is 5.69 Å². The van der Waals surface area contributed by atoms with Crippen molar-refractivity contribution in [2.75, 3.05) is 0 Å². The maximum atomic E-state index is 13.1. The molecule has 1 aromatic carbocycles. The molecule has 86 valence electrons. The summed E-state index contributed by atoms with van der Waals surface area (Å²) < 4.78 is 13.1. The van der Waals surface area contributed by atoms with Crippen molar-refractivity contribution in [3.8, 4) is 0 Å². The second-order valence-corrected chi connectivity index (χ2v) is 3.84. The Balaban J connectivity index is 2.37. The Bertz CT molecular complexity index is 564. The number of hydrogen-bond acceptors (Lipinski definition) is 3. The van der Waals surface area contributed by atoms with Gasteiger partial charge in [-0.1, -0.05) is 0 Å². The van der Waals surface area contributed by atoms with Crippen molar-refractivity contribution in [1.29, 1.82) is 0 Å². The van der Waals surface area contributed by atoms with E-state index in [0.29, 0.717) is 11.1 Å². The molecular weight excluding hydrogens is 219 g/mol. The molecule has 0 aliphatic carbocycles. The molecule has 0 atom stereocenters. The summed E-state index contributed by atoms with van der Waals surface area (Å²) in [5.74, 6) is -0.572. The largest absolute Gasteiger partial charge is 0.287 e. The SMILES string of the molecule is Cc1cnc(C(=O)c2ccc(F)c(C)c2)cn1. The standard InChI is InChI=1S/C13H11FN2O/c1-8-5-10(3-4-11(8)14)13(17)12-7-15-9(2)6-16-12/h3-7H,1-2H3. The molecule has 1 heterocycles. The third-order valence-corrected chi connectivity index (χ3v) is 2.43. The summed E-state index contributed by atoms with van der Waals surface area (Å²) in [7, 11) is 0. The van der Waals surface area contributed by atoms with Crippen LogP contribution < -0.4 is 0 Å². The maximum absolute atomic E-state index is 13.1. The summed E-state index contributed by atoms with van der Waals surface area (Å²) in [4.78, 5) is 20.0. The second-order valence-electron chi connectivity index (χ2n) is 3.84. The molecule has 3 nitrogen and oxygen atoms in total. The van der Waals surface area contributed by atoms with Gasteiger partial charge >= 0.3 is 0 Å². The Morgan fingerprint density at radius 3 is 2.53 bits per heavy atom. The Morgan fingerprint density at radius 1 is 1.18 bits per heavy atom. The van der Waals surface area contributed by atoms with Crippen molar-refractivity contribution < 1.29 is 9.18 Å². The van der Waals surface area contributed by atoms with Crippen molar-refractivity contribution in [2.24, 2.45) is 0 Å². The summed E-state index contributed by atoms with van der Waals surface area (Å²) in [6.07, 6.45) is 2.96. The number of rotatable bonds is 2. The molecule has 17 heavy (non-hydrogen) atoms. The van der Waals surface area contributed by atoms with Gasteiger partial charge in [0.25, 0.3) is 0 Å². The molecule has 2 rings (SSSR count). The van der Waals surface area contributed by atoms with Crippen molar-refractivity contribution in [2.45, 2.75) is 13.8 Å². The summed E-state index contributed by atoms with van der Waals surface area (Å²) >= 11 is 0. The van der Waals surface area contributed by atoms with Gasteiger partial charge in [-0.05, 0) is 37.6 Å². The fourth-order valence-electron chi connectivity index (χ4n) is 1.44. The number of hydrogen-bond donors (Lipinski definition) is 0. The lowest BCUT2D eigenvalue weighted by Gasteiger charge is -2.02. The molecule has 0 saturated heterocycles. The van der Waals surface area contributed by atoms with E-state index < -0.39 is 0 Å². The summed E-state index contributed by atoms with van der Waals surface area (Å²) in [6.45, 7) is 3.41. The highest BCUT2D eigenvalue weighted by Crippen LogP contribution is 2.12. The summed E-state index contributed by atoms with van der Waals surface area (Å²) in [5.41, 5.74) is 1.87. The van der Waals surface area contributed by atoms with Crippen molar-refractivity contribution in [1.82, 2.24) is 9.97 Å². The van der Waals surface area contributed by atoms with Crippen LogP contribution in [0, 0.1) is 19.7 Å². The van der Waals surface area contributed by atoms with Gasteiger partial charge in [0.2, 0.25) is 5.78 Å². The monoisotopic (exact) mass is 230 g/mol. The molecule has 0 aliphatic rings. The van der Waals surface area contributed by atoms with E-state index >= 15 is 0 Å². The van der Waals surface area contributed by atoms with Crippen molar-refractivity contribution in [3.63, 3.8) is 0 Å². The van der Waals surface area contributed by atoms with E-state index in [9.17, 15) is 9.18 Å². The van der Waals surface area contributed by atoms with Gasteiger partial charge in [0.1, 0.15) is 11.5 Å². The minimum atomic E-state index is -0.323. The minimum absolute atomic E-state index is 0.249. The number of carbonyl (C=O) groups is 1. The first-order valence-electron chi connectivity index (χ1n) is 5.17. The van der Waals surface area contributed by atoms with Crippen LogP contribution in [-0.4, -0.2) is 15.8 Å². The van der Waals surface area contributed by atoms with Crippen LogP contribution >= 0.6 is 0 Å². The van der Waals surface area contributed by atoms with Gasteiger partial charge in [-0.2, -0.15) is 0 Å². The minimum Gasteiger partial charge on any atom is -0.287 e. The molecule has 0 saturated carbocycles. The van der Waals surface area contributed by atoms with E-state index in [1.807, 2.05) is 0 Å². The van der Waals surface area contributed by atoms with E-state index in [1.54, 1.807) is 13.8 Å². The zero-order valence-corrected chi connectivity index (χ0v) is 9.57. The fourth-order valence-corrected chi connectivity index (χ4v) is 1.44. The third-order valence-electron chi connectivity index (χ3n) is 2.43. The molecule has 0 fully saturated rings. The molecule has 0 amide bonds. The number of benzene rings is 1. The molecular formula is C13H11FN2O. The predicted molar refractivity (Wildman–Crippen MR) is 61.3 cm³/mol. The van der Waals surface area contributed by atoms with Gasteiger partial charge in [-0.15, -0.1) is 0 Å². The average Bonchev–Trinajstić information content (AvgIpc) is 2.33. The first-order valence-corrected chi connectivity index (χ1v) is 5.17. The average molecular weight is 230 g/mol. The topological polar surface area (TPSA) is 42.9 Å². The van der Waals surface area contributed by atoms with Crippen LogP contribution in [0.3, 0.4) is 0 Å². The van der Waals surface area contributed by atoms with Crippen LogP contribution in [0.4, 0.5) is 4.39 Å². The maximum Gasteiger partial charge on any atom is 0.212 e. The summed E-state index contributed by atoms with van der Waals surface area (Å²) in [5, 5.41) is 0. The Hall–Kier alpha value is -2.10. The lowest BCUT2D eigenvalue weighted by Crippen LogP contribution is -2.05. The number of ketones is 1. The lowest BCUT2D eigenvalue weighted by atomic mass is 10.1. The zero-order chi connectivity index (χ0) is 12.4. The van der Waals surface area contributed by atoms with E-state index in [1.165, 1.54) is 30.6 Å². The first-order chi connectivity index (χ1) is 8.08. The molecule has 0 spiro atoms. The normalized spacial score (nSPS) is 10.3. The molecule has 4 heteroatoms. The molecule has 0 unspecified atom stereocenters. The molecule has 0 N–H and O–H groups in total. The number of carbonyl (C=O) groups excluding carboxylic acids is 1. The van der Waals surface area contributed by atoms with E-state index in [2.05, 4.69) is 9.97 Å². The van der Waals surface area contributed by atoms with Gasteiger partial charge < -0.3 is 0 Å². The van der Waals surface area contributed by atoms with Gasteiger partial charge in [-0.25, -0.2) is 9.37 Å². The number of aryl methyl sites for hydroxylation is 2. The smallest absolute Gasteiger partial charge is 0.212 e. The number of halogens is 1. The van der Waals surface area contributed by atoms with Gasteiger partial charge in [0, 0.05) is 11.8 Å². The lowest BCUT2D eigenvalue weighted by molar-refractivity contribution is 0.103. The Morgan fingerprint density at radius 2 is 1.94 bits per heavy atom. The van der Waals surface area contributed by atoms with Crippen LogP contribution in [0.25, 0.3) is 0 Å².